The monoisotopic (exact) mass is 255 g/mol. The van der Waals surface area contributed by atoms with E-state index in [0.29, 0.717) is 5.56 Å². The summed E-state index contributed by atoms with van der Waals surface area (Å²) in [6.07, 6.45) is 15.6. The first-order chi connectivity index (χ1) is 9.36. The minimum atomic E-state index is 0.116. The van der Waals surface area contributed by atoms with Crippen LogP contribution in [0.3, 0.4) is 0 Å². The molecule has 0 amide bonds. The van der Waals surface area contributed by atoms with E-state index in [2.05, 4.69) is 16.2 Å². The summed E-state index contributed by atoms with van der Waals surface area (Å²) in [5.74, 6) is 0.116. The minimum absolute atomic E-state index is 0.116. The number of aromatic nitrogens is 3. The Balaban J connectivity index is 1.94. The Morgan fingerprint density at radius 3 is 3.00 bits per heavy atom. The minimum Gasteiger partial charge on any atom is -0.289 e. The van der Waals surface area contributed by atoms with E-state index in [1.54, 1.807) is 29.3 Å². The summed E-state index contributed by atoms with van der Waals surface area (Å²) in [5, 5.41) is 4.21. The highest BCUT2D eigenvalue weighted by atomic mass is 16.1. The van der Waals surface area contributed by atoms with Crippen LogP contribution in [0.1, 0.15) is 48.9 Å². The number of rotatable bonds is 2. The fourth-order valence-corrected chi connectivity index (χ4v) is 2.58. The van der Waals surface area contributed by atoms with Gasteiger partial charge in [-0.15, -0.1) is 0 Å². The lowest BCUT2D eigenvalue weighted by Gasteiger charge is -2.09. The molecule has 0 spiro atoms. The lowest BCUT2D eigenvalue weighted by atomic mass is 9.95. The molecule has 1 aliphatic rings. The van der Waals surface area contributed by atoms with Gasteiger partial charge in [0.15, 0.2) is 5.78 Å². The normalized spacial score (nSPS) is 19.5. The van der Waals surface area contributed by atoms with E-state index in [4.69, 9.17) is 0 Å². The first-order valence-electron chi connectivity index (χ1n) is 6.87. The average Bonchev–Trinajstić information content (AvgIpc) is 2.81. The molecule has 0 fully saturated rings. The Kier molecular flexibility index (Phi) is 3.40. The second-order valence-electron chi connectivity index (χ2n) is 4.98. The lowest BCUT2D eigenvalue weighted by molar-refractivity contribution is 0.103. The smallest absolute Gasteiger partial charge is 0.192 e. The highest BCUT2D eigenvalue weighted by Crippen LogP contribution is 2.22. The van der Waals surface area contributed by atoms with E-state index in [1.807, 2.05) is 0 Å². The first-order valence-corrected chi connectivity index (χ1v) is 6.87. The number of hydrogen-bond acceptors (Lipinski definition) is 3. The van der Waals surface area contributed by atoms with Crippen LogP contribution in [0.4, 0.5) is 0 Å². The van der Waals surface area contributed by atoms with E-state index in [1.165, 1.54) is 19.3 Å². The van der Waals surface area contributed by atoms with Crippen LogP contribution in [0, 0.1) is 0 Å². The van der Waals surface area contributed by atoms with Crippen molar-refractivity contribution in [2.75, 3.05) is 0 Å². The SMILES string of the molecule is O=C(/C1=C/CCCCCC1)c1cnn2ccncc12. The number of hydrogen-bond donors (Lipinski definition) is 0. The maximum absolute atomic E-state index is 12.6. The second-order valence-corrected chi connectivity index (χ2v) is 4.98. The number of Topliss-reactive ketones (excluding diaryl/α,β-unsaturated/α-hetero) is 1. The summed E-state index contributed by atoms with van der Waals surface area (Å²) in [5.41, 5.74) is 2.40. The summed E-state index contributed by atoms with van der Waals surface area (Å²) in [6.45, 7) is 0. The van der Waals surface area contributed by atoms with Crippen molar-refractivity contribution in [1.82, 2.24) is 14.6 Å². The van der Waals surface area contributed by atoms with Gasteiger partial charge < -0.3 is 0 Å². The van der Waals surface area contributed by atoms with E-state index >= 15 is 0 Å². The average molecular weight is 255 g/mol. The highest BCUT2D eigenvalue weighted by Gasteiger charge is 2.17. The van der Waals surface area contributed by atoms with Crippen molar-refractivity contribution in [2.45, 2.75) is 38.5 Å². The molecule has 4 heteroatoms. The predicted molar refractivity (Wildman–Crippen MR) is 73.1 cm³/mol. The van der Waals surface area contributed by atoms with Crippen molar-refractivity contribution >= 4 is 11.3 Å². The van der Waals surface area contributed by atoms with Gasteiger partial charge in [0.05, 0.1) is 23.5 Å². The van der Waals surface area contributed by atoms with Crippen molar-refractivity contribution < 1.29 is 4.79 Å². The van der Waals surface area contributed by atoms with Crippen molar-refractivity contribution in [1.29, 1.82) is 0 Å². The lowest BCUT2D eigenvalue weighted by Crippen LogP contribution is -2.05. The fraction of sp³-hybridized carbons (Fsp3) is 0.400. The second kappa shape index (κ2) is 5.34. The summed E-state index contributed by atoms with van der Waals surface area (Å²) in [4.78, 5) is 16.7. The van der Waals surface area contributed by atoms with E-state index < -0.39 is 0 Å². The van der Waals surface area contributed by atoms with Gasteiger partial charge in [-0.25, -0.2) is 4.52 Å². The Morgan fingerprint density at radius 1 is 1.16 bits per heavy atom. The topological polar surface area (TPSA) is 47.3 Å². The highest BCUT2D eigenvalue weighted by molar-refractivity contribution is 6.12. The fourth-order valence-electron chi connectivity index (χ4n) is 2.58. The zero-order valence-electron chi connectivity index (χ0n) is 10.9. The van der Waals surface area contributed by atoms with E-state index in [0.717, 1.165) is 30.4 Å². The molecule has 2 aromatic heterocycles. The number of allylic oxidation sites excluding steroid dienone is 2. The van der Waals surface area contributed by atoms with Crippen LogP contribution in [0.5, 0.6) is 0 Å². The van der Waals surface area contributed by atoms with Crippen LogP contribution in [-0.2, 0) is 0 Å². The van der Waals surface area contributed by atoms with Gasteiger partial charge >= 0.3 is 0 Å². The number of carbonyl (C=O) groups is 1. The predicted octanol–water partition coefficient (Wildman–Crippen LogP) is 3.19. The van der Waals surface area contributed by atoms with Gasteiger partial charge in [-0.2, -0.15) is 5.10 Å². The summed E-state index contributed by atoms with van der Waals surface area (Å²) >= 11 is 0. The van der Waals surface area contributed by atoms with Gasteiger partial charge in [0.2, 0.25) is 0 Å². The van der Waals surface area contributed by atoms with Crippen LogP contribution in [0.2, 0.25) is 0 Å². The van der Waals surface area contributed by atoms with Crippen molar-refractivity contribution in [3.8, 4) is 0 Å². The molecule has 0 saturated carbocycles. The van der Waals surface area contributed by atoms with Gasteiger partial charge in [-0.1, -0.05) is 18.9 Å². The van der Waals surface area contributed by atoms with Gasteiger partial charge in [-0.3, -0.25) is 9.78 Å². The van der Waals surface area contributed by atoms with Crippen molar-refractivity contribution in [3.05, 3.63) is 42.0 Å². The van der Waals surface area contributed by atoms with Crippen LogP contribution in [-0.4, -0.2) is 20.4 Å². The van der Waals surface area contributed by atoms with Crippen molar-refractivity contribution in [3.63, 3.8) is 0 Å². The third kappa shape index (κ3) is 2.43. The summed E-state index contributed by atoms with van der Waals surface area (Å²) in [7, 11) is 0. The van der Waals surface area contributed by atoms with Crippen LogP contribution >= 0.6 is 0 Å². The Morgan fingerprint density at radius 2 is 2.05 bits per heavy atom. The summed E-state index contributed by atoms with van der Waals surface area (Å²) < 4.78 is 1.70. The van der Waals surface area contributed by atoms with Gasteiger partial charge in [0, 0.05) is 12.4 Å². The third-order valence-corrected chi connectivity index (χ3v) is 3.65. The molecule has 0 aromatic carbocycles. The zero-order chi connectivity index (χ0) is 13.1. The molecule has 19 heavy (non-hydrogen) atoms. The molecule has 98 valence electrons. The third-order valence-electron chi connectivity index (χ3n) is 3.65. The van der Waals surface area contributed by atoms with Crippen LogP contribution < -0.4 is 0 Å². The molecule has 0 N–H and O–H groups in total. The molecular formula is C15H17N3O. The van der Waals surface area contributed by atoms with E-state index in [9.17, 15) is 4.79 Å². The van der Waals surface area contributed by atoms with Gasteiger partial charge in [0.1, 0.15) is 0 Å². The molecule has 0 bridgehead atoms. The summed E-state index contributed by atoms with van der Waals surface area (Å²) in [6, 6.07) is 0. The Bertz CT molecular complexity index is 627. The van der Waals surface area contributed by atoms with Crippen LogP contribution in [0.15, 0.2) is 36.4 Å². The zero-order valence-corrected chi connectivity index (χ0v) is 10.9. The molecule has 0 atom stereocenters. The molecule has 0 unspecified atom stereocenters. The van der Waals surface area contributed by atoms with Gasteiger partial charge in [-0.05, 0) is 31.3 Å². The Hall–Kier alpha value is -1.97. The molecular weight excluding hydrogens is 238 g/mol. The number of fused-ring (bicyclic) bond motifs is 1. The standard InChI is InChI=1S/C15H17N3O/c19-15(12-6-4-2-1-3-5-7-12)13-10-17-18-9-8-16-11-14(13)18/h6,8-11H,1-5,7H2/b12-6+. The van der Waals surface area contributed by atoms with Crippen LogP contribution in [0.25, 0.3) is 5.52 Å². The molecule has 2 heterocycles. The maximum Gasteiger partial charge on any atom is 0.192 e. The molecule has 0 aliphatic heterocycles. The van der Waals surface area contributed by atoms with E-state index in [-0.39, 0.29) is 5.78 Å². The molecule has 0 saturated heterocycles. The molecule has 4 nitrogen and oxygen atoms in total. The molecule has 2 aromatic rings. The number of carbonyl (C=O) groups excluding carboxylic acids is 1. The Labute approximate surface area is 112 Å². The number of ketones is 1. The van der Waals surface area contributed by atoms with Gasteiger partial charge in [0.25, 0.3) is 0 Å². The number of nitrogens with zero attached hydrogens (tertiary/aromatic N) is 3. The molecule has 0 radical (unpaired) electrons. The molecule has 3 rings (SSSR count). The quantitative estimate of drug-likeness (QED) is 0.774. The first kappa shape index (κ1) is 12.1. The maximum atomic E-state index is 12.6. The van der Waals surface area contributed by atoms with Crippen molar-refractivity contribution in [2.24, 2.45) is 0 Å². The molecule has 1 aliphatic carbocycles. The largest absolute Gasteiger partial charge is 0.289 e.